The zero-order valence-corrected chi connectivity index (χ0v) is 15.7. The Morgan fingerprint density at radius 3 is 2.78 bits per heavy atom. The number of carbonyl (C=O) groups excluding carboxylic acids is 1. The fourth-order valence-corrected chi connectivity index (χ4v) is 3.58. The highest BCUT2D eigenvalue weighted by atomic mass is 35.5. The lowest BCUT2D eigenvalue weighted by Gasteiger charge is -2.25. The van der Waals surface area contributed by atoms with Crippen molar-refractivity contribution in [2.45, 2.75) is 12.3 Å². The number of amides is 1. The number of anilines is 1. The summed E-state index contributed by atoms with van der Waals surface area (Å²) in [5, 5.41) is 3.56. The average Bonchev–Trinajstić information content (AvgIpc) is 3.10. The van der Waals surface area contributed by atoms with Gasteiger partial charge in [0.2, 0.25) is 5.91 Å². The predicted molar refractivity (Wildman–Crippen MR) is 103 cm³/mol. The molecule has 0 saturated heterocycles. The lowest BCUT2D eigenvalue weighted by molar-refractivity contribution is -0.116. The summed E-state index contributed by atoms with van der Waals surface area (Å²) in [6.45, 7) is 0. The van der Waals surface area contributed by atoms with Crippen LogP contribution in [0.15, 0.2) is 48.8 Å². The first kappa shape index (κ1) is 17.4. The van der Waals surface area contributed by atoms with Gasteiger partial charge in [-0.15, -0.1) is 0 Å². The number of halogens is 1. The van der Waals surface area contributed by atoms with Crippen LogP contribution in [-0.2, 0) is 4.79 Å². The van der Waals surface area contributed by atoms with E-state index >= 15 is 0 Å². The normalized spacial score (nSPS) is 15.8. The van der Waals surface area contributed by atoms with Crippen molar-refractivity contribution in [3.8, 4) is 17.2 Å². The van der Waals surface area contributed by atoms with E-state index in [9.17, 15) is 4.79 Å². The fourth-order valence-electron chi connectivity index (χ4n) is 3.39. The fraction of sp³-hybridized carbons (Fsp3) is 0.200. The Bertz CT molecular complexity index is 1020. The SMILES string of the molecule is COc1ccc(C2CC(=O)Nc3c2ncn3-c2cccc(Cl)c2)c(OC)c1. The third-order valence-electron chi connectivity index (χ3n) is 4.68. The molecule has 27 heavy (non-hydrogen) atoms. The van der Waals surface area contributed by atoms with Gasteiger partial charge in [-0.05, 0) is 24.3 Å². The number of carbonyl (C=O) groups is 1. The van der Waals surface area contributed by atoms with E-state index < -0.39 is 0 Å². The number of benzene rings is 2. The van der Waals surface area contributed by atoms with Crippen LogP contribution in [0.3, 0.4) is 0 Å². The van der Waals surface area contributed by atoms with Gasteiger partial charge in [-0.2, -0.15) is 0 Å². The van der Waals surface area contributed by atoms with Crippen LogP contribution >= 0.6 is 11.6 Å². The zero-order chi connectivity index (χ0) is 19.0. The van der Waals surface area contributed by atoms with Gasteiger partial charge in [0, 0.05) is 34.7 Å². The van der Waals surface area contributed by atoms with E-state index in [1.165, 1.54) is 0 Å². The van der Waals surface area contributed by atoms with E-state index in [0.29, 0.717) is 28.8 Å². The standard InChI is InChI=1S/C20H18ClN3O3/c1-26-14-6-7-15(17(9-14)27-2)16-10-18(25)23-20-19(16)22-11-24(20)13-5-3-4-12(21)8-13/h3-9,11,16H,10H2,1-2H3,(H,23,25). The Hall–Kier alpha value is -2.99. The van der Waals surface area contributed by atoms with E-state index in [4.69, 9.17) is 21.1 Å². The zero-order valence-electron chi connectivity index (χ0n) is 14.9. The Morgan fingerprint density at radius 1 is 1.19 bits per heavy atom. The molecule has 0 saturated carbocycles. The highest BCUT2D eigenvalue weighted by Crippen LogP contribution is 2.41. The summed E-state index contributed by atoms with van der Waals surface area (Å²) in [4.78, 5) is 17.0. The molecule has 4 rings (SSSR count). The van der Waals surface area contributed by atoms with Crippen molar-refractivity contribution in [1.82, 2.24) is 9.55 Å². The second-order valence-electron chi connectivity index (χ2n) is 6.24. The van der Waals surface area contributed by atoms with E-state index in [0.717, 1.165) is 16.9 Å². The second kappa shape index (κ2) is 6.96. The molecule has 138 valence electrons. The van der Waals surface area contributed by atoms with Gasteiger partial charge in [0.05, 0.1) is 19.9 Å². The molecule has 0 radical (unpaired) electrons. The Morgan fingerprint density at radius 2 is 2.04 bits per heavy atom. The maximum atomic E-state index is 12.4. The molecule has 0 bridgehead atoms. The van der Waals surface area contributed by atoms with Gasteiger partial charge in [-0.3, -0.25) is 9.36 Å². The molecular weight excluding hydrogens is 366 g/mol. The minimum atomic E-state index is -0.213. The molecule has 1 atom stereocenters. The maximum Gasteiger partial charge on any atom is 0.226 e. The summed E-state index contributed by atoms with van der Waals surface area (Å²) in [6, 6.07) is 13.0. The molecule has 1 unspecified atom stereocenters. The Kier molecular flexibility index (Phi) is 4.49. The lowest BCUT2D eigenvalue weighted by atomic mass is 9.89. The smallest absolute Gasteiger partial charge is 0.226 e. The van der Waals surface area contributed by atoms with Gasteiger partial charge in [0.15, 0.2) is 0 Å². The molecule has 0 aliphatic carbocycles. The van der Waals surface area contributed by atoms with Crippen molar-refractivity contribution in [2.24, 2.45) is 0 Å². The van der Waals surface area contributed by atoms with Crippen molar-refractivity contribution in [2.75, 3.05) is 19.5 Å². The van der Waals surface area contributed by atoms with E-state index in [1.54, 1.807) is 26.6 Å². The van der Waals surface area contributed by atoms with Crippen LogP contribution in [0.2, 0.25) is 5.02 Å². The molecule has 2 heterocycles. The number of aromatic nitrogens is 2. The molecule has 1 aliphatic heterocycles. The van der Waals surface area contributed by atoms with Crippen LogP contribution in [0.25, 0.3) is 5.69 Å². The van der Waals surface area contributed by atoms with Crippen molar-refractivity contribution in [3.05, 3.63) is 65.1 Å². The van der Waals surface area contributed by atoms with Crippen LogP contribution in [0.1, 0.15) is 23.6 Å². The van der Waals surface area contributed by atoms with Gasteiger partial charge >= 0.3 is 0 Å². The number of ether oxygens (including phenoxy) is 2. The molecule has 1 amide bonds. The largest absolute Gasteiger partial charge is 0.497 e. The van der Waals surface area contributed by atoms with Crippen molar-refractivity contribution >= 4 is 23.3 Å². The number of fused-ring (bicyclic) bond motifs is 1. The van der Waals surface area contributed by atoms with Crippen molar-refractivity contribution in [3.63, 3.8) is 0 Å². The molecule has 1 aliphatic rings. The highest BCUT2D eigenvalue weighted by molar-refractivity contribution is 6.30. The van der Waals surface area contributed by atoms with Gasteiger partial charge in [0.1, 0.15) is 23.6 Å². The van der Waals surface area contributed by atoms with Crippen LogP contribution in [0.4, 0.5) is 5.82 Å². The van der Waals surface area contributed by atoms with E-state index in [2.05, 4.69) is 10.3 Å². The molecule has 1 N–H and O–H groups in total. The van der Waals surface area contributed by atoms with Gasteiger partial charge < -0.3 is 14.8 Å². The highest BCUT2D eigenvalue weighted by Gasteiger charge is 2.32. The molecular formula is C20H18ClN3O3. The molecule has 7 heteroatoms. The lowest BCUT2D eigenvalue weighted by Crippen LogP contribution is -2.25. The van der Waals surface area contributed by atoms with Gasteiger partial charge in [-0.1, -0.05) is 23.7 Å². The number of nitrogens with one attached hydrogen (secondary N) is 1. The number of hydrogen-bond acceptors (Lipinski definition) is 4. The van der Waals surface area contributed by atoms with Crippen LogP contribution in [0, 0.1) is 0 Å². The molecule has 0 fully saturated rings. The first-order chi connectivity index (χ1) is 13.1. The third-order valence-corrected chi connectivity index (χ3v) is 4.91. The summed E-state index contributed by atoms with van der Waals surface area (Å²) in [5.74, 6) is 1.72. The first-order valence-corrected chi connectivity index (χ1v) is 8.83. The number of imidazole rings is 1. The molecule has 6 nitrogen and oxygen atoms in total. The molecule has 2 aromatic carbocycles. The van der Waals surface area contributed by atoms with E-state index in [-0.39, 0.29) is 11.8 Å². The van der Waals surface area contributed by atoms with Crippen LogP contribution < -0.4 is 14.8 Å². The summed E-state index contributed by atoms with van der Waals surface area (Å²) < 4.78 is 12.6. The number of rotatable bonds is 4. The molecule has 0 spiro atoms. The second-order valence-corrected chi connectivity index (χ2v) is 6.68. The third kappa shape index (κ3) is 3.13. The minimum absolute atomic E-state index is 0.0749. The summed E-state index contributed by atoms with van der Waals surface area (Å²) >= 11 is 6.12. The predicted octanol–water partition coefficient (Wildman–Crippen LogP) is 4.02. The quantitative estimate of drug-likeness (QED) is 0.739. The van der Waals surface area contributed by atoms with Crippen molar-refractivity contribution < 1.29 is 14.3 Å². The summed E-state index contributed by atoms with van der Waals surface area (Å²) in [6.07, 6.45) is 1.99. The molecule has 1 aromatic heterocycles. The summed E-state index contributed by atoms with van der Waals surface area (Å²) in [5.41, 5.74) is 2.52. The Labute approximate surface area is 161 Å². The molecule has 3 aromatic rings. The Balaban J connectivity index is 1.82. The summed E-state index contributed by atoms with van der Waals surface area (Å²) in [7, 11) is 3.21. The monoisotopic (exact) mass is 383 g/mol. The number of hydrogen-bond donors (Lipinski definition) is 1. The van der Waals surface area contributed by atoms with Gasteiger partial charge in [-0.25, -0.2) is 4.98 Å². The van der Waals surface area contributed by atoms with Crippen LogP contribution in [-0.4, -0.2) is 29.7 Å². The average molecular weight is 384 g/mol. The van der Waals surface area contributed by atoms with Crippen LogP contribution in [0.5, 0.6) is 11.5 Å². The van der Waals surface area contributed by atoms with Gasteiger partial charge in [0.25, 0.3) is 0 Å². The minimum Gasteiger partial charge on any atom is -0.497 e. The van der Waals surface area contributed by atoms with Crippen molar-refractivity contribution in [1.29, 1.82) is 0 Å². The number of nitrogens with zero attached hydrogens (tertiary/aromatic N) is 2. The van der Waals surface area contributed by atoms with E-state index in [1.807, 2.05) is 41.0 Å². The first-order valence-electron chi connectivity index (χ1n) is 8.45. The topological polar surface area (TPSA) is 65.4 Å². The maximum absolute atomic E-state index is 12.4. The number of methoxy groups -OCH3 is 2.